The maximum absolute atomic E-state index is 13.1. The molecule has 0 saturated heterocycles. The van der Waals surface area contributed by atoms with Gasteiger partial charge in [-0.2, -0.15) is 8.78 Å². The van der Waals surface area contributed by atoms with E-state index < -0.39 is 29.6 Å². The van der Waals surface area contributed by atoms with E-state index in [1.807, 2.05) is 0 Å². The first-order valence-electron chi connectivity index (χ1n) is 6.46. The van der Waals surface area contributed by atoms with Gasteiger partial charge in [-0.05, 0) is 18.3 Å². The lowest BCUT2D eigenvalue weighted by Gasteiger charge is -2.25. The summed E-state index contributed by atoms with van der Waals surface area (Å²) in [6.45, 7) is 0. The minimum atomic E-state index is -4.50. The molecule has 9 heteroatoms. The molecule has 2 rings (SSSR count). The molecule has 1 N–H and O–H groups in total. The van der Waals surface area contributed by atoms with E-state index in [1.54, 1.807) is 0 Å². The summed E-state index contributed by atoms with van der Waals surface area (Å²) in [6.07, 6.45) is -1.24. The SMILES string of the molecule is O=C(O)CC1(Cc2nnc(C(F)(F)C(F)F)o2)CCCC1. The number of aliphatic carboxylic acids is 1. The third-order valence-electron chi connectivity index (χ3n) is 3.74. The molecule has 0 aliphatic heterocycles. The highest BCUT2D eigenvalue weighted by Gasteiger charge is 2.49. The predicted molar refractivity (Wildman–Crippen MR) is 61.1 cm³/mol. The van der Waals surface area contributed by atoms with Crippen molar-refractivity contribution >= 4 is 5.97 Å². The zero-order valence-corrected chi connectivity index (χ0v) is 11.0. The van der Waals surface area contributed by atoms with Crippen LogP contribution in [0.1, 0.15) is 43.9 Å². The number of halogens is 4. The van der Waals surface area contributed by atoms with Crippen LogP contribution in [-0.4, -0.2) is 27.7 Å². The molecule has 118 valence electrons. The number of hydrogen-bond donors (Lipinski definition) is 1. The first-order valence-corrected chi connectivity index (χ1v) is 6.46. The predicted octanol–water partition coefficient (Wildman–Crippen LogP) is 3.00. The second-order valence-electron chi connectivity index (χ2n) is 5.38. The molecule has 5 nitrogen and oxygen atoms in total. The number of hydrogen-bond acceptors (Lipinski definition) is 4. The molecule has 0 unspecified atom stereocenters. The van der Waals surface area contributed by atoms with Crippen molar-refractivity contribution in [2.75, 3.05) is 0 Å². The molecule has 21 heavy (non-hydrogen) atoms. The summed E-state index contributed by atoms with van der Waals surface area (Å²) in [5.41, 5.74) is -0.629. The van der Waals surface area contributed by atoms with Crippen molar-refractivity contribution < 1.29 is 31.9 Å². The molecule has 1 aromatic rings. The molecule has 1 fully saturated rings. The van der Waals surface area contributed by atoms with Gasteiger partial charge < -0.3 is 9.52 Å². The summed E-state index contributed by atoms with van der Waals surface area (Å²) in [5, 5.41) is 15.3. The summed E-state index contributed by atoms with van der Waals surface area (Å²) >= 11 is 0. The van der Waals surface area contributed by atoms with Gasteiger partial charge >= 0.3 is 18.3 Å². The van der Waals surface area contributed by atoms with Gasteiger partial charge in [-0.3, -0.25) is 4.79 Å². The fourth-order valence-corrected chi connectivity index (χ4v) is 2.74. The highest BCUT2D eigenvalue weighted by molar-refractivity contribution is 5.67. The second-order valence-corrected chi connectivity index (χ2v) is 5.38. The fourth-order valence-electron chi connectivity index (χ4n) is 2.74. The summed E-state index contributed by atoms with van der Waals surface area (Å²) in [5.74, 6) is -7.17. The molecule has 0 aromatic carbocycles. The molecule has 1 heterocycles. The second kappa shape index (κ2) is 5.61. The van der Waals surface area contributed by atoms with Crippen LogP contribution < -0.4 is 0 Å². The van der Waals surface area contributed by atoms with Crippen LogP contribution in [0.3, 0.4) is 0 Å². The third kappa shape index (κ3) is 3.33. The van der Waals surface area contributed by atoms with E-state index >= 15 is 0 Å². The minimum absolute atomic E-state index is 0.00557. The zero-order chi connectivity index (χ0) is 15.7. The maximum Gasteiger partial charge on any atom is 0.382 e. The molecular weight excluding hydrogens is 296 g/mol. The van der Waals surface area contributed by atoms with Crippen LogP contribution in [0.4, 0.5) is 17.6 Å². The molecule has 0 atom stereocenters. The van der Waals surface area contributed by atoms with Gasteiger partial charge in [0, 0.05) is 6.42 Å². The van der Waals surface area contributed by atoms with E-state index in [2.05, 4.69) is 14.6 Å². The average Bonchev–Trinajstić information content (AvgIpc) is 2.98. The van der Waals surface area contributed by atoms with Crippen molar-refractivity contribution in [3.05, 3.63) is 11.8 Å². The van der Waals surface area contributed by atoms with E-state index in [1.165, 1.54) is 0 Å². The van der Waals surface area contributed by atoms with Gasteiger partial charge in [-0.1, -0.05) is 12.8 Å². The van der Waals surface area contributed by atoms with Crippen LogP contribution >= 0.6 is 0 Å². The van der Waals surface area contributed by atoms with Crippen LogP contribution in [0, 0.1) is 5.41 Å². The normalized spacial score (nSPS) is 18.3. The molecular formula is C12H14F4N2O3. The van der Waals surface area contributed by atoms with Gasteiger partial charge in [0.05, 0.1) is 6.42 Å². The largest absolute Gasteiger partial charge is 0.481 e. The lowest BCUT2D eigenvalue weighted by molar-refractivity contribution is -0.151. The number of aromatic nitrogens is 2. The molecule has 1 aliphatic carbocycles. The zero-order valence-electron chi connectivity index (χ0n) is 11.0. The topological polar surface area (TPSA) is 76.2 Å². The number of carboxylic acids is 1. The standard InChI is InChI=1S/C12H14F4N2O3/c13-9(14)12(15,16)10-18-17-7(21-10)5-11(6-8(19)20)3-1-2-4-11/h9H,1-6H2,(H,19,20). The van der Waals surface area contributed by atoms with E-state index in [-0.39, 0.29) is 18.7 Å². The van der Waals surface area contributed by atoms with Gasteiger partial charge in [-0.25, -0.2) is 8.78 Å². The summed E-state index contributed by atoms with van der Waals surface area (Å²) < 4.78 is 55.2. The van der Waals surface area contributed by atoms with Crippen molar-refractivity contribution in [1.29, 1.82) is 0 Å². The molecule has 1 saturated carbocycles. The maximum atomic E-state index is 13.1. The first kappa shape index (κ1) is 15.7. The number of carbonyl (C=O) groups is 1. The first-order chi connectivity index (χ1) is 9.75. The summed E-state index contributed by atoms with van der Waals surface area (Å²) in [6, 6.07) is 0. The number of nitrogens with zero attached hydrogens (tertiary/aromatic N) is 2. The number of alkyl halides is 4. The van der Waals surface area contributed by atoms with Crippen molar-refractivity contribution in [3.8, 4) is 0 Å². The van der Waals surface area contributed by atoms with E-state index in [0.717, 1.165) is 12.8 Å². The lowest BCUT2D eigenvalue weighted by Crippen LogP contribution is -2.24. The van der Waals surface area contributed by atoms with E-state index in [4.69, 9.17) is 5.11 Å². The van der Waals surface area contributed by atoms with Crippen molar-refractivity contribution in [2.24, 2.45) is 5.41 Å². The summed E-state index contributed by atoms with van der Waals surface area (Å²) in [7, 11) is 0. The van der Waals surface area contributed by atoms with Crippen LogP contribution in [0.5, 0.6) is 0 Å². The van der Waals surface area contributed by atoms with Gasteiger partial charge in [-0.15, -0.1) is 10.2 Å². The summed E-state index contributed by atoms with van der Waals surface area (Å²) in [4.78, 5) is 10.9. The Kier molecular flexibility index (Phi) is 4.20. The Hall–Kier alpha value is -1.67. The Morgan fingerprint density at radius 1 is 1.33 bits per heavy atom. The highest BCUT2D eigenvalue weighted by Crippen LogP contribution is 2.44. The minimum Gasteiger partial charge on any atom is -0.481 e. The van der Waals surface area contributed by atoms with Gasteiger partial charge in [0.25, 0.3) is 5.89 Å². The quantitative estimate of drug-likeness (QED) is 0.817. The molecule has 0 bridgehead atoms. The number of rotatable bonds is 6. The van der Waals surface area contributed by atoms with E-state index in [9.17, 15) is 22.4 Å². The van der Waals surface area contributed by atoms with Gasteiger partial charge in [0.2, 0.25) is 5.89 Å². The van der Waals surface area contributed by atoms with E-state index in [0.29, 0.717) is 12.8 Å². The van der Waals surface area contributed by atoms with Gasteiger partial charge in [0.15, 0.2) is 0 Å². The Bertz CT molecular complexity index is 512. The Labute approximate surface area is 117 Å². The average molecular weight is 310 g/mol. The van der Waals surface area contributed by atoms with Crippen LogP contribution in [-0.2, 0) is 17.1 Å². The Morgan fingerprint density at radius 3 is 2.48 bits per heavy atom. The molecule has 0 amide bonds. The van der Waals surface area contributed by atoms with Crippen LogP contribution in [0.15, 0.2) is 4.42 Å². The van der Waals surface area contributed by atoms with Gasteiger partial charge in [0.1, 0.15) is 0 Å². The smallest absolute Gasteiger partial charge is 0.382 e. The van der Waals surface area contributed by atoms with Crippen LogP contribution in [0.25, 0.3) is 0 Å². The number of carboxylic acid groups (broad SMARTS) is 1. The lowest BCUT2D eigenvalue weighted by atomic mass is 9.79. The molecule has 1 aliphatic rings. The Morgan fingerprint density at radius 2 is 1.95 bits per heavy atom. The molecule has 0 spiro atoms. The van der Waals surface area contributed by atoms with Crippen molar-refractivity contribution in [2.45, 2.75) is 50.9 Å². The monoisotopic (exact) mass is 310 g/mol. The highest BCUT2D eigenvalue weighted by atomic mass is 19.3. The Balaban J connectivity index is 2.16. The molecule has 0 radical (unpaired) electrons. The van der Waals surface area contributed by atoms with Crippen LogP contribution in [0.2, 0.25) is 0 Å². The molecule has 1 aromatic heterocycles. The fraction of sp³-hybridized carbons (Fsp3) is 0.750. The van der Waals surface area contributed by atoms with Crippen molar-refractivity contribution in [3.63, 3.8) is 0 Å². The third-order valence-corrected chi connectivity index (χ3v) is 3.74. The van der Waals surface area contributed by atoms with Crippen molar-refractivity contribution in [1.82, 2.24) is 10.2 Å².